The van der Waals surface area contributed by atoms with Gasteiger partial charge in [0.15, 0.2) is 0 Å². The Bertz CT molecular complexity index is 4950. The lowest BCUT2D eigenvalue weighted by Gasteiger charge is -2.30. The molecule has 13 aromatic rings. The number of allylic oxidation sites excluding steroid dienone is 7. The highest BCUT2D eigenvalue weighted by Gasteiger charge is 2.38. The van der Waals surface area contributed by atoms with Crippen LogP contribution in [0.15, 0.2) is 290 Å². The van der Waals surface area contributed by atoms with Gasteiger partial charge in [0, 0.05) is 39.5 Å². The number of anilines is 5. The van der Waals surface area contributed by atoms with Gasteiger partial charge in [0.1, 0.15) is 0 Å². The van der Waals surface area contributed by atoms with E-state index in [4.69, 9.17) is 0 Å². The topological polar surface area (TPSA) is 6.48 Å². The minimum absolute atomic E-state index is 0.142. The Hall–Kier alpha value is -10.0. The van der Waals surface area contributed by atoms with Crippen LogP contribution in [-0.4, -0.2) is 0 Å². The zero-order valence-electron chi connectivity index (χ0n) is 46.8. The van der Waals surface area contributed by atoms with Crippen LogP contribution in [0, 0.1) is 0 Å². The van der Waals surface area contributed by atoms with Crippen LogP contribution in [0.4, 0.5) is 28.4 Å². The van der Waals surface area contributed by atoms with E-state index < -0.39 is 0 Å². The zero-order valence-corrected chi connectivity index (χ0v) is 46.8. The predicted octanol–water partition coefficient (Wildman–Crippen LogP) is 22.7. The zero-order chi connectivity index (χ0) is 55.2. The maximum atomic E-state index is 2.61. The number of para-hydroxylation sites is 1. The SMILES string of the molecule is CC1(C)C2=C(CCC(c3c4cc(N(c5ccccc5)c5ccc6ccccc6c5)ccc4c(-c4cccc(-c5cc6ccccc6c6ccccc56)c4)c4cc(N(C5=CCCC=C5)c5ccc6ccccc6c5)ccc34)=C2)c2ccccc21. The molecule has 2 heteroatoms. The fraction of sp³-hybridized carbons (Fsp3) is 0.0864. The summed E-state index contributed by atoms with van der Waals surface area (Å²) in [4.78, 5) is 4.94. The van der Waals surface area contributed by atoms with E-state index >= 15 is 0 Å². The van der Waals surface area contributed by atoms with Crippen molar-refractivity contribution in [1.29, 1.82) is 0 Å². The summed E-state index contributed by atoms with van der Waals surface area (Å²) >= 11 is 0. The Balaban J connectivity index is 1.01. The van der Waals surface area contributed by atoms with E-state index in [1.54, 1.807) is 0 Å². The van der Waals surface area contributed by atoms with Crippen molar-refractivity contribution in [3.63, 3.8) is 0 Å². The van der Waals surface area contributed by atoms with E-state index in [9.17, 15) is 0 Å². The van der Waals surface area contributed by atoms with Gasteiger partial charge in [-0.05, 0) is 225 Å². The molecule has 0 unspecified atom stereocenters. The van der Waals surface area contributed by atoms with Gasteiger partial charge in [-0.3, -0.25) is 0 Å². The van der Waals surface area contributed by atoms with Gasteiger partial charge < -0.3 is 9.80 Å². The Morgan fingerprint density at radius 2 is 0.928 bits per heavy atom. The van der Waals surface area contributed by atoms with Crippen LogP contribution in [-0.2, 0) is 5.41 Å². The maximum absolute atomic E-state index is 2.61. The molecular formula is C81H60N2. The molecule has 0 spiro atoms. The number of fused-ring (bicyclic) bond motifs is 9. The molecular weight excluding hydrogens is 1000 g/mol. The summed E-state index contributed by atoms with van der Waals surface area (Å²) in [5.74, 6) is 0. The predicted molar refractivity (Wildman–Crippen MR) is 356 cm³/mol. The maximum Gasteiger partial charge on any atom is 0.0468 e. The Morgan fingerprint density at radius 3 is 1.66 bits per heavy atom. The average Bonchev–Trinajstić information content (AvgIpc) is 2.23. The van der Waals surface area contributed by atoms with Gasteiger partial charge >= 0.3 is 0 Å². The monoisotopic (exact) mass is 1060 g/mol. The molecule has 2 nitrogen and oxygen atoms in total. The first-order valence-corrected chi connectivity index (χ1v) is 29.5. The van der Waals surface area contributed by atoms with Gasteiger partial charge in [0.2, 0.25) is 0 Å². The molecule has 0 aromatic heterocycles. The van der Waals surface area contributed by atoms with Crippen LogP contribution < -0.4 is 9.80 Å². The highest BCUT2D eigenvalue weighted by atomic mass is 15.1. The second-order valence-electron chi connectivity index (χ2n) is 23.4. The molecule has 13 aromatic carbocycles. The van der Waals surface area contributed by atoms with Crippen LogP contribution >= 0.6 is 0 Å². The van der Waals surface area contributed by atoms with E-state index in [0.29, 0.717) is 0 Å². The smallest absolute Gasteiger partial charge is 0.0468 e. The van der Waals surface area contributed by atoms with Crippen LogP contribution in [0.3, 0.4) is 0 Å². The third-order valence-electron chi connectivity index (χ3n) is 18.3. The standard InChI is InChI=1S/C81H60N2/c1-81(2)77-35-18-17-34-70(77)71-43-38-60(50-78(71)81)80-73-45-42-65(82(61-27-5-3-6-28-61)63-39-36-53-20-9-11-22-55(53)47-63)51-75(73)79(59-26-19-25-57(46-59)74-49-58-24-13-14-31-67(58)68-32-15-16-33-69(68)74)72-44-41-66(52-76(72)80)83(62-29-7-4-8-30-62)64-40-37-54-21-10-12-23-56(54)48-64/h4-5,7-37,39-42,44-52H,3,6,38,43H2,1-2H3. The molecule has 0 saturated heterocycles. The molecule has 0 radical (unpaired) electrons. The molecule has 16 rings (SSSR count). The molecule has 83 heavy (non-hydrogen) atoms. The van der Waals surface area contributed by atoms with Crippen LogP contribution in [0.1, 0.15) is 56.2 Å². The lowest BCUT2D eigenvalue weighted by Crippen LogP contribution is -2.17. The summed E-state index contributed by atoms with van der Waals surface area (Å²) in [5, 5.41) is 14.9. The van der Waals surface area contributed by atoms with E-state index in [0.717, 1.165) is 54.1 Å². The third kappa shape index (κ3) is 8.15. The number of rotatable bonds is 9. The van der Waals surface area contributed by atoms with Crippen molar-refractivity contribution in [2.45, 2.75) is 44.9 Å². The first kappa shape index (κ1) is 48.8. The summed E-state index contributed by atoms with van der Waals surface area (Å²) < 4.78 is 0. The molecule has 0 saturated carbocycles. The summed E-state index contributed by atoms with van der Waals surface area (Å²) in [6.07, 6.45) is 13.6. The molecule has 0 heterocycles. The van der Waals surface area contributed by atoms with Gasteiger partial charge in [-0.15, -0.1) is 0 Å². The van der Waals surface area contributed by atoms with Gasteiger partial charge in [0.25, 0.3) is 0 Å². The highest BCUT2D eigenvalue weighted by molar-refractivity contribution is 6.21. The van der Waals surface area contributed by atoms with Crippen molar-refractivity contribution in [2.24, 2.45) is 0 Å². The van der Waals surface area contributed by atoms with Crippen molar-refractivity contribution in [2.75, 3.05) is 9.80 Å². The number of hydrogen-bond donors (Lipinski definition) is 0. The Morgan fingerprint density at radius 1 is 0.349 bits per heavy atom. The first-order chi connectivity index (χ1) is 40.9. The first-order valence-electron chi connectivity index (χ1n) is 29.5. The summed E-state index contributed by atoms with van der Waals surface area (Å²) in [7, 11) is 0. The van der Waals surface area contributed by atoms with Crippen LogP contribution in [0.25, 0.3) is 98.0 Å². The molecule has 0 aliphatic heterocycles. The lowest BCUT2D eigenvalue weighted by molar-refractivity contribution is 0.652. The molecule has 0 amide bonds. The largest absolute Gasteiger partial charge is 0.311 e. The Kier molecular flexibility index (Phi) is 11.5. The van der Waals surface area contributed by atoms with Gasteiger partial charge in [-0.1, -0.05) is 214 Å². The summed E-state index contributed by atoms with van der Waals surface area (Å²) in [5.41, 5.74) is 20.0. The van der Waals surface area contributed by atoms with Crippen molar-refractivity contribution < 1.29 is 0 Å². The van der Waals surface area contributed by atoms with Crippen molar-refractivity contribution in [3.05, 3.63) is 307 Å². The molecule has 3 aliphatic carbocycles. The fourth-order valence-corrected chi connectivity index (χ4v) is 14.3. The highest BCUT2D eigenvalue weighted by Crippen LogP contribution is 2.55. The average molecular weight is 1060 g/mol. The minimum Gasteiger partial charge on any atom is -0.311 e. The van der Waals surface area contributed by atoms with E-state index in [1.165, 1.54) is 126 Å². The lowest BCUT2D eigenvalue weighted by atomic mass is 9.76. The summed E-state index contributed by atoms with van der Waals surface area (Å²) in [6.45, 7) is 4.86. The minimum atomic E-state index is -0.142. The van der Waals surface area contributed by atoms with Gasteiger partial charge in [0.05, 0.1) is 0 Å². The van der Waals surface area contributed by atoms with Gasteiger partial charge in [-0.2, -0.15) is 0 Å². The number of nitrogens with zero attached hydrogens (tertiary/aromatic N) is 2. The third-order valence-corrected chi connectivity index (χ3v) is 18.3. The quantitative estimate of drug-likeness (QED) is 0.105. The van der Waals surface area contributed by atoms with Crippen molar-refractivity contribution >= 4 is 104 Å². The molecule has 3 aliphatic rings. The number of hydrogen-bond acceptors (Lipinski definition) is 2. The van der Waals surface area contributed by atoms with Crippen LogP contribution in [0.2, 0.25) is 0 Å². The molecule has 0 bridgehead atoms. The summed E-state index contributed by atoms with van der Waals surface area (Å²) in [6, 6.07) is 95.6. The second-order valence-corrected chi connectivity index (χ2v) is 23.4. The normalized spacial score (nSPS) is 14.6. The van der Waals surface area contributed by atoms with Crippen LogP contribution in [0.5, 0.6) is 0 Å². The number of benzene rings is 13. The molecule has 394 valence electrons. The van der Waals surface area contributed by atoms with E-state index in [-0.39, 0.29) is 5.41 Å². The molecule has 0 atom stereocenters. The molecule has 0 fully saturated rings. The fourth-order valence-electron chi connectivity index (χ4n) is 14.3. The van der Waals surface area contributed by atoms with Crippen molar-refractivity contribution in [3.8, 4) is 22.3 Å². The Labute approximate surface area is 485 Å². The van der Waals surface area contributed by atoms with Crippen molar-refractivity contribution in [1.82, 2.24) is 0 Å². The molecule has 0 N–H and O–H groups in total. The van der Waals surface area contributed by atoms with Gasteiger partial charge in [-0.25, -0.2) is 0 Å². The van der Waals surface area contributed by atoms with E-state index in [1.807, 2.05) is 0 Å². The van der Waals surface area contributed by atoms with E-state index in [2.05, 4.69) is 303 Å². The second kappa shape index (κ2) is 19.6.